The highest BCUT2D eigenvalue weighted by atomic mass is 15.2. The van der Waals surface area contributed by atoms with Gasteiger partial charge >= 0.3 is 0 Å². The third kappa shape index (κ3) is 3.63. The van der Waals surface area contributed by atoms with Crippen LogP contribution in [0.2, 0.25) is 0 Å². The average molecular weight is 261 g/mol. The summed E-state index contributed by atoms with van der Waals surface area (Å²) in [5.41, 5.74) is 2.68. The quantitative estimate of drug-likeness (QED) is 0.899. The molecule has 3 heteroatoms. The van der Waals surface area contributed by atoms with Crippen LogP contribution in [0, 0.1) is 0 Å². The lowest BCUT2D eigenvalue weighted by atomic mass is 10.2. The average Bonchev–Trinajstić information content (AvgIpc) is 2.66. The lowest BCUT2D eigenvalue weighted by Crippen LogP contribution is -2.35. The number of anilines is 2. The molecule has 0 saturated carbocycles. The van der Waals surface area contributed by atoms with Crippen molar-refractivity contribution in [3.05, 3.63) is 24.3 Å². The molecule has 2 rings (SSSR count). The monoisotopic (exact) mass is 261 g/mol. The molecule has 1 aliphatic heterocycles. The highest BCUT2D eigenvalue weighted by Gasteiger charge is 2.14. The first kappa shape index (κ1) is 14.2. The van der Waals surface area contributed by atoms with Gasteiger partial charge in [-0.15, -0.1) is 0 Å². The molecule has 1 fully saturated rings. The van der Waals surface area contributed by atoms with E-state index in [1.54, 1.807) is 0 Å². The van der Waals surface area contributed by atoms with E-state index in [4.69, 9.17) is 0 Å². The topological polar surface area (TPSA) is 18.5 Å². The van der Waals surface area contributed by atoms with Gasteiger partial charge in [-0.3, -0.25) is 0 Å². The first-order valence-electron chi connectivity index (χ1n) is 7.58. The van der Waals surface area contributed by atoms with E-state index in [0.717, 1.165) is 32.7 Å². The second kappa shape index (κ2) is 6.80. The summed E-state index contributed by atoms with van der Waals surface area (Å²) in [5.74, 6) is 0. The fourth-order valence-electron chi connectivity index (χ4n) is 2.80. The summed E-state index contributed by atoms with van der Waals surface area (Å²) >= 11 is 0. The van der Waals surface area contributed by atoms with Crippen molar-refractivity contribution in [2.45, 2.75) is 33.2 Å². The summed E-state index contributed by atoms with van der Waals surface area (Å²) in [6.07, 6.45) is 1.22. The van der Waals surface area contributed by atoms with Crippen LogP contribution in [0.4, 0.5) is 11.4 Å². The Morgan fingerprint density at radius 2 is 1.89 bits per heavy atom. The Balaban J connectivity index is 2.08. The van der Waals surface area contributed by atoms with Gasteiger partial charge in [-0.1, -0.05) is 0 Å². The van der Waals surface area contributed by atoms with Crippen molar-refractivity contribution in [2.24, 2.45) is 0 Å². The third-order valence-electron chi connectivity index (χ3n) is 3.94. The van der Waals surface area contributed by atoms with Crippen LogP contribution in [-0.2, 0) is 0 Å². The van der Waals surface area contributed by atoms with E-state index < -0.39 is 0 Å². The van der Waals surface area contributed by atoms with Gasteiger partial charge in [0, 0.05) is 43.6 Å². The summed E-state index contributed by atoms with van der Waals surface area (Å²) in [6, 6.07) is 9.62. The van der Waals surface area contributed by atoms with E-state index in [9.17, 15) is 0 Å². The molecule has 1 aromatic carbocycles. The molecule has 1 N–H and O–H groups in total. The largest absolute Gasteiger partial charge is 0.372 e. The summed E-state index contributed by atoms with van der Waals surface area (Å²) in [5, 5.41) is 3.54. The molecule has 1 unspecified atom stereocenters. The van der Waals surface area contributed by atoms with Crippen LogP contribution >= 0.6 is 0 Å². The smallest absolute Gasteiger partial charge is 0.0368 e. The van der Waals surface area contributed by atoms with Gasteiger partial charge in [0.15, 0.2) is 0 Å². The minimum absolute atomic E-state index is 0.574. The lowest BCUT2D eigenvalue weighted by Gasteiger charge is -2.26. The Morgan fingerprint density at radius 3 is 2.53 bits per heavy atom. The fourth-order valence-corrected chi connectivity index (χ4v) is 2.80. The normalized spacial score (nSPS) is 20.2. The Hall–Kier alpha value is -1.22. The van der Waals surface area contributed by atoms with Gasteiger partial charge in [-0.2, -0.15) is 0 Å². The zero-order valence-electron chi connectivity index (χ0n) is 12.5. The highest BCUT2D eigenvalue weighted by molar-refractivity contribution is 5.56. The molecule has 0 spiro atoms. The maximum Gasteiger partial charge on any atom is 0.0368 e. The first-order chi connectivity index (χ1) is 9.24. The molecule has 1 aromatic rings. The van der Waals surface area contributed by atoms with Crippen LogP contribution in [0.3, 0.4) is 0 Å². The molecule has 3 nitrogen and oxygen atoms in total. The molecule has 0 aromatic heterocycles. The number of nitrogens with zero attached hydrogens (tertiary/aromatic N) is 2. The molecular formula is C16H27N3. The van der Waals surface area contributed by atoms with E-state index in [1.807, 2.05) is 0 Å². The predicted molar refractivity (Wildman–Crippen MR) is 84.3 cm³/mol. The van der Waals surface area contributed by atoms with Crippen molar-refractivity contribution in [1.29, 1.82) is 0 Å². The summed E-state index contributed by atoms with van der Waals surface area (Å²) in [4.78, 5) is 4.88. The Labute approximate surface area is 117 Å². The second-order valence-electron chi connectivity index (χ2n) is 5.34. The zero-order chi connectivity index (χ0) is 13.7. The van der Waals surface area contributed by atoms with E-state index in [-0.39, 0.29) is 0 Å². The summed E-state index contributed by atoms with van der Waals surface area (Å²) in [7, 11) is 0. The molecule has 106 valence electrons. The molecule has 19 heavy (non-hydrogen) atoms. The van der Waals surface area contributed by atoms with Crippen molar-refractivity contribution >= 4 is 11.4 Å². The van der Waals surface area contributed by atoms with Crippen molar-refractivity contribution in [3.8, 4) is 0 Å². The van der Waals surface area contributed by atoms with Crippen LogP contribution in [0.25, 0.3) is 0 Å². The van der Waals surface area contributed by atoms with E-state index in [1.165, 1.54) is 17.8 Å². The number of rotatable bonds is 4. The van der Waals surface area contributed by atoms with Crippen molar-refractivity contribution in [2.75, 3.05) is 42.5 Å². The minimum atomic E-state index is 0.574. The Bertz CT molecular complexity index is 370. The number of nitrogens with one attached hydrogen (secondary N) is 1. The molecule has 1 heterocycles. The molecule has 1 atom stereocenters. The molecule has 0 bridgehead atoms. The van der Waals surface area contributed by atoms with Crippen LogP contribution in [0.5, 0.6) is 0 Å². The molecular weight excluding hydrogens is 234 g/mol. The first-order valence-corrected chi connectivity index (χ1v) is 7.58. The van der Waals surface area contributed by atoms with Gasteiger partial charge in [0.1, 0.15) is 0 Å². The Kier molecular flexibility index (Phi) is 5.08. The number of benzene rings is 1. The number of hydrogen-bond acceptors (Lipinski definition) is 3. The zero-order valence-corrected chi connectivity index (χ0v) is 12.5. The van der Waals surface area contributed by atoms with Gasteiger partial charge in [0.25, 0.3) is 0 Å². The summed E-state index contributed by atoms with van der Waals surface area (Å²) < 4.78 is 0. The molecule has 0 radical (unpaired) electrons. The predicted octanol–water partition coefficient (Wildman–Crippen LogP) is 2.72. The molecule has 0 aliphatic carbocycles. The van der Waals surface area contributed by atoms with Gasteiger partial charge in [-0.05, 0) is 58.0 Å². The lowest BCUT2D eigenvalue weighted by molar-refractivity contribution is 0.585. The van der Waals surface area contributed by atoms with Crippen molar-refractivity contribution in [3.63, 3.8) is 0 Å². The van der Waals surface area contributed by atoms with Crippen LogP contribution < -0.4 is 15.1 Å². The Morgan fingerprint density at radius 1 is 1.21 bits per heavy atom. The fraction of sp³-hybridized carbons (Fsp3) is 0.625. The number of hydrogen-bond donors (Lipinski definition) is 1. The summed E-state index contributed by atoms with van der Waals surface area (Å²) in [6.45, 7) is 12.2. The highest BCUT2D eigenvalue weighted by Crippen LogP contribution is 2.21. The standard InChI is InChI=1S/C16H27N3/c1-4-18(5-2)15-7-9-16(10-8-15)19-12-6-11-17-14(3)13-19/h7-10,14,17H,4-6,11-13H2,1-3H3. The third-order valence-corrected chi connectivity index (χ3v) is 3.94. The van der Waals surface area contributed by atoms with E-state index >= 15 is 0 Å². The van der Waals surface area contributed by atoms with E-state index in [2.05, 4.69) is 60.2 Å². The van der Waals surface area contributed by atoms with Gasteiger partial charge in [0.2, 0.25) is 0 Å². The SMILES string of the molecule is CCN(CC)c1ccc(N2CCCNC(C)C2)cc1. The molecule has 0 amide bonds. The maximum atomic E-state index is 3.54. The van der Waals surface area contributed by atoms with Crippen LogP contribution in [0.1, 0.15) is 27.2 Å². The van der Waals surface area contributed by atoms with Crippen LogP contribution in [-0.4, -0.2) is 38.8 Å². The maximum absolute atomic E-state index is 3.54. The van der Waals surface area contributed by atoms with E-state index in [0.29, 0.717) is 6.04 Å². The molecule has 1 saturated heterocycles. The molecule has 1 aliphatic rings. The van der Waals surface area contributed by atoms with Crippen LogP contribution in [0.15, 0.2) is 24.3 Å². The minimum Gasteiger partial charge on any atom is -0.372 e. The van der Waals surface area contributed by atoms with Gasteiger partial charge in [0.05, 0.1) is 0 Å². The van der Waals surface area contributed by atoms with Crippen molar-refractivity contribution in [1.82, 2.24) is 5.32 Å². The van der Waals surface area contributed by atoms with Crippen molar-refractivity contribution < 1.29 is 0 Å². The van der Waals surface area contributed by atoms with Gasteiger partial charge in [-0.25, -0.2) is 0 Å². The second-order valence-corrected chi connectivity index (χ2v) is 5.34. The van der Waals surface area contributed by atoms with Gasteiger partial charge < -0.3 is 15.1 Å².